The number of aromatic nitrogens is 2. The predicted molar refractivity (Wildman–Crippen MR) is 126 cm³/mol. The second-order valence-corrected chi connectivity index (χ2v) is 8.66. The van der Waals surface area contributed by atoms with Gasteiger partial charge < -0.3 is 9.80 Å². The number of thiophene rings is 1. The normalized spacial score (nSPS) is 14.1. The van der Waals surface area contributed by atoms with Crippen molar-refractivity contribution in [1.82, 2.24) is 9.55 Å². The van der Waals surface area contributed by atoms with Crippen LogP contribution in [0, 0.1) is 11.3 Å². The lowest BCUT2D eigenvalue weighted by molar-refractivity contribution is 0.657. The van der Waals surface area contributed by atoms with Gasteiger partial charge in [-0.05, 0) is 24.3 Å². The van der Waals surface area contributed by atoms with E-state index < -0.39 is 0 Å². The summed E-state index contributed by atoms with van der Waals surface area (Å²) in [5.41, 5.74) is 2.49. The fraction of sp³-hybridized carbons (Fsp3) is 0.174. The summed E-state index contributed by atoms with van der Waals surface area (Å²) in [5, 5.41) is 11.1. The van der Waals surface area contributed by atoms with Crippen molar-refractivity contribution in [3.63, 3.8) is 0 Å². The third kappa shape index (κ3) is 3.44. The molecule has 2 aromatic carbocycles. The standard InChI is InChI=1S/C23H18ClN5OS/c24-18-8-4-5-9-19(18)29-15-26-20-17(14-25)23(31-21(20)22(29)30)28-12-10-27(11-13-28)16-6-2-1-3-7-16/h1-9,15H,10-13H2. The van der Waals surface area contributed by atoms with E-state index in [1.807, 2.05) is 30.3 Å². The zero-order valence-electron chi connectivity index (χ0n) is 16.5. The van der Waals surface area contributed by atoms with Crippen LogP contribution >= 0.6 is 22.9 Å². The van der Waals surface area contributed by atoms with Crippen LogP contribution in [0.5, 0.6) is 0 Å². The van der Waals surface area contributed by atoms with Gasteiger partial charge in [-0.3, -0.25) is 9.36 Å². The summed E-state index contributed by atoms with van der Waals surface area (Å²) in [4.78, 5) is 22.2. The third-order valence-corrected chi connectivity index (χ3v) is 7.04. The van der Waals surface area contributed by atoms with Gasteiger partial charge in [0.2, 0.25) is 0 Å². The molecule has 0 spiro atoms. The zero-order chi connectivity index (χ0) is 21.4. The minimum atomic E-state index is -0.214. The van der Waals surface area contributed by atoms with Crippen molar-refractivity contribution in [2.24, 2.45) is 0 Å². The minimum absolute atomic E-state index is 0.214. The number of anilines is 2. The van der Waals surface area contributed by atoms with E-state index in [0.717, 1.165) is 31.2 Å². The Kier molecular flexibility index (Phi) is 5.10. The molecule has 1 aliphatic rings. The van der Waals surface area contributed by atoms with Crippen molar-refractivity contribution >= 4 is 43.8 Å². The van der Waals surface area contributed by atoms with E-state index in [-0.39, 0.29) is 5.56 Å². The number of hydrogen-bond donors (Lipinski definition) is 0. The number of piperazine rings is 1. The van der Waals surface area contributed by atoms with Gasteiger partial charge in [-0.1, -0.05) is 41.9 Å². The number of nitriles is 1. The van der Waals surface area contributed by atoms with Gasteiger partial charge in [0.25, 0.3) is 5.56 Å². The molecular formula is C23H18ClN5OS. The van der Waals surface area contributed by atoms with E-state index in [0.29, 0.717) is 26.5 Å². The van der Waals surface area contributed by atoms with Crippen LogP contribution in [0.15, 0.2) is 65.7 Å². The second kappa shape index (κ2) is 8.06. The number of rotatable bonds is 3. The molecule has 0 amide bonds. The van der Waals surface area contributed by atoms with Gasteiger partial charge in [0.15, 0.2) is 0 Å². The predicted octanol–water partition coefficient (Wildman–Crippen LogP) is 4.30. The maximum absolute atomic E-state index is 13.2. The fourth-order valence-corrected chi connectivity index (χ4v) is 5.32. The highest BCUT2D eigenvalue weighted by Crippen LogP contribution is 2.36. The van der Waals surface area contributed by atoms with Crippen LogP contribution in [0.4, 0.5) is 10.7 Å². The monoisotopic (exact) mass is 447 g/mol. The van der Waals surface area contributed by atoms with Crippen molar-refractivity contribution < 1.29 is 0 Å². The van der Waals surface area contributed by atoms with Crippen LogP contribution in [-0.2, 0) is 0 Å². The number of halogens is 1. The Morgan fingerprint density at radius 2 is 1.65 bits per heavy atom. The van der Waals surface area contributed by atoms with E-state index in [2.05, 4.69) is 33.0 Å². The molecule has 1 fully saturated rings. The number of fused-ring (bicyclic) bond motifs is 1. The van der Waals surface area contributed by atoms with Crippen LogP contribution in [0.1, 0.15) is 5.56 Å². The smallest absolute Gasteiger partial charge is 0.276 e. The van der Waals surface area contributed by atoms with Gasteiger partial charge >= 0.3 is 0 Å². The molecular weight excluding hydrogens is 430 g/mol. The number of hydrogen-bond acceptors (Lipinski definition) is 6. The Hall–Kier alpha value is -3.34. The van der Waals surface area contributed by atoms with E-state index in [1.54, 1.807) is 12.1 Å². The lowest BCUT2D eigenvalue weighted by Crippen LogP contribution is -2.46. The summed E-state index contributed by atoms with van der Waals surface area (Å²) < 4.78 is 1.92. The van der Waals surface area contributed by atoms with Gasteiger partial charge in [-0.25, -0.2) is 4.98 Å². The Morgan fingerprint density at radius 3 is 2.35 bits per heavy atom. The van der Waals surface area contributed by atoms with Crippen LogP contribution in [0.25, 0.3) is 15.9 Å². The first-order valence-electron chi connectivity index (χ1n) is 9.91. The van der Waals surface area contributed by atoms with Crippen molar-refractivity contribution in [1.29, 1.82) is 5.26 Å². The minimum Gasteiger partial charge on any atom is -0.368 e. The maximum Gasteiger partial charge on any atom is 0.276 e. The maximum atomic E-state index is 13.2. The highest BCUT2D eigenvalue weighted by molar-refractivity contribution is 7.23. The number of nitrogens with zero attached hydrogens (tertiary/aromatic N) is 5. The van der Waals surface area contributed by atoms with E-state index >= 15 is 0 Å². The highest BCUT2D eigenvalue weighted by atomic mass is 35.5. The molecule has 0 bridgehead atoms. The molecule has 4 aromatic rings. The average molecular weight is 448 g/mol. The molecule has 5 rings (SSSR count). The van der Waals surface area contributed by atoms with Crippen molar-refractivity contribution in [3.05, 3.63) is 81.9 Å². The molecule has 154 valence electrons. The molecule has 0 saturated carbocycles. The largest absolute Gasteiger partial charge is 0.368 e. The quantitative estimate of drug-likeness (QED) is 0.468. The van der Waals surface area contributed by atoms with Crippen molar-refractivity contribution in [2.75, 3.05) is 36.0 Å². The van der Waals surface area contributed by atoms with E-state index in [9.17, 15) is 10.1 Å². The van der Waals surface area contributed by atoms with E-state index in [4.69, 9.17) is 11.6 Å². The molecule has 0 unspecified atom stereocenters. The van der Waals surface area contributed by atoms with Gasteiger partial charge in [0.05, 0.1) is 10.7 Å². The van der Waals surface area contributed by atoms with Crippen molar-refractivity contribution in [2.45, 2.75) is 0 Å². The van der Waals surface area contributed by atoms with Crippen molar-refractivity contribution in [3.8, 4) is 11.8 Å². The number of benzene rings is 2. The lowest BCUT2D eigenvalue weighted by Gasteiger charge is -2.36. The summed E-state index contributed by atoms with van der Waals surface area (Å²) >= 11 is 7.62. The van der Waals surface area contributed by atoms with Crippen LogP contribution < -0.4 is 15.4 Å². The van der Waals surface area contributed by atoms with E-state index in [1.165, 1.54) is 27.9 Å². The Labute approximate surface area is 188 Å². The SMILES string of the molecule is N#Cc1c(N2CCN(c3ccccc3)CC2)sc2c(=O)n(-c3ccccc3Cl)cnc12. The molecule has 1 saturated heterocycles. The van der Waals surface area contributed by atoms with Gasteiger partial charge in [-0.15, -0.1) is 11.3 Å². The molecule has 1 aliphatic heterocycles. The molecule has 2 aromatic heterocycles. The van der Waals surface area contributed by atoms with Gasteiger partial charge in [0, 0.05) is 31.9 Å². The second-order valence-electron chi connectivity index (χ2n) is 7.25. The first-order chi connectivity index (χ1) is 15.2. The summed E-state index contributed by atoms with van der Waals surface area (Å²) in [6.45, 7) is 3.24. The Balaban J connectivity index is 1.50. The number of para-hydroxylation sites is 2. The molecule has 3 heterocycles. The Bertz CT molecular complexity index is 1350. The van der Waals surface area contributed by atoms with Crippen LogP contribution in [-0.4, -0.2) is 35.7 Å². The molecule has 8 heteroatoms. The molecule has 0 aliphatic carbocycles. The summed E-state index contributed by atoms with van der Waals surface area (Å²) in [6.07, 6.45) is 1.45. The van der Waals surface area contributed by atoms with Gasteiger partial charge in [-0.2, -0.15) is 5.26 Å². The topological polar surface area (TPSA) is 65.2 Å². The Morgan fingerprint density at radius 1 is 0.968 bits per heavy atom. The molecule has 0 atom stereocenters. The molecule has 31 heavy (non-hydrogen) atoms. The fourth-order valence-electron chi connectivity index (χ4n) is 3.90. The molecule has 6 nitrogen and oxygen atoms in total. The summed E-state index contributed by atoms with van der Waals surface area (Å²) in [7, 11) is 0. The lowest BCUT2D eigenvalue weighted by atomic mass is 10.2. The summed E-state index contributed by atoms with van der Waals surface area (Å²) in [6, 6.07) is 19.7. The van der Waals surface area contributed by atoms with Crippen LogP contribution in [0.2, 0.25) is 5.02 Å². The highest BCUT2D eigenvalue weighted by Gasteiger charge is 2.25. The molecule has 0 radical (unpaired) electrons. The summed E-state index contributed by atoms with van der Waals surface area (Å²) in [5.74, 6) is 0. The first kappa shape index (κ1) is 19.6. The van der Waals surface area contributed by atoms with Gasteiger partial charge in [0.1, 0.15) is 33.2 Å². The molecule has 0 N–H and O–H groups in total. The first-order valence-corrected chi connectivity index (χ1v) is 11.1. The van der Waals surface area contributed by atoms with Crippen LogP contribution in [0.3, 0.4) is 0 Å². The third-order valence-electron chi connectivity index (χ3n) is 5.49. The zero-order valence-corrected chi connectivity index (χ0v) is 18.1. The average Bonchev–Trinajstić information content (AvgIpc) is 3.20.